The smallest absolute Gasteiger partial charge is 0.246 e. The van der Waals surface area contributed by atoms with Crippen LogP contribution in [-0.2, 0) is 11.8 Å². The highest BCUT2D eigenvalue weighted by Crippen LogP contribution is 2.63. The van der Waals surface area contributed by atoms with E-state index >= 15 is 0 Å². The fourth-order valence-electron chi connectivity index (χ4n) is 5.79. The van der Waals surface area contributed by atoms with E-state index in [1.807, 2.05) is 13.8 Å². The molecule has 4 rings (SSSR count). The van der Waals surface area contributed by atoms with Crippen LogP contribution < -0.4 is 9.47 Å². The van der Waals surface area contributed by atoms with Crippen LogP contribution in [0.2, 0.25) is 0 Å². The van der Waals surface area contributed by atoms with Gasteiger partial charge in [-0.25, -0.2) is 0 Å². The zero-order valence-corrected chi connectivity index (χ0v) is 16.4. The van der Waals surface area contributed by atoms with E-state index in [9.17, 15) is 0 Å². The van der Waals surface area contributed by atoms with Crippen LogP contribution in [0.4, 0.5) is 0 Å². The Labute approximate surface area is 146 Å². The SMILES string of the molecule is CC(C)c1cc2c(c3c1OC(C)(C)O3)[C@@]1(C)CCCC(C)(C)[C@H]1C2. The minimum absolute atomic E-state index is 0.223. The van der Waals surface area contributed by atoms with Crippen LogP contribution in [0, 0.1) is 11.3 Å². The van der Waals surface area contributed by atoms with Gasteiger partial charge in [0.25, 0.3) is 0 Å². The molecular weight excluding hydrogens is 296 g/mol. The van der Waals surface area contributed by atoms with Crippen molar-refractivity contribution in [1.29, 1.82) is 0 Å². The molecule has 0 bridgehead atoms. The number of rotatable bonds is 1. The van der Waals surface area contributed by atoms with Gasteiger partial charge >= 0.3 is 0 Å². The number of hydrogen-bond acceptors (Lipinski definition) is 2. The summed E-state index contributed by atoms with van der Waals surface area (Å²) in [6.45, 7) is 16.0. The molecule has 2 aliphatic carbocycles. The average molecular weight is 328 g/mol. The number of benzene rings is 1. The highest BCUT2D eigenvalue weighted by Gasteiger charge is 2.55. The molecule has 132 valence electrons. The Hall–Kier alpha value is -1.18. The Balaban J connectivity index is 1.94. The molecule has 1 saturated carbocycles. The molecule has 0 radical (unpaired) electrons. The monoisotopic (exact) mass is 328 g/mol. The maximum Gasteiger partial charge on any atom is 0.246 e. The van der Waals surface area contributed by atoms with Crippen molar-refractivity contribution in [3.05, 3.63) is 22.8 Å². The Bertz CT molecular complexity index is 698. The third kappa shape index (κ3) is 2.07. The lowest BCUT2D eigenvalue weighted by Gasteiger charge is -2.47. The fraction of sp³-hybridized carbons (Fsp3) is 0.727. The molecule has 0 amide bonds. The molecule has 2 heteroatoms. The molecule has 2 nitrogen and oxygen atoms in total. The Morgan fingerprint density at radius 1 is 1.00 bits per heavy atom. The molecule has 1 heterocycles. The van der Waals surface area contributed by atoms with Gasteiger partial charge in [-0.3, -0.25) is 0 Å². The molecule has 1 fully saturated rings. The van der Waals surface area contributed by atoms with Gasteiger partial charge in [0.05, 0.1) is 0 Å². The van der Waals surface area contributed by atoms with Crippen molar-refractivity contribution in [2.45, 2.75) is 91.3 Å². The summed E-state index contributed by atoms with van der Waals surface area (Å²) < 4.78 is 12.7. The van der Waals surface area contributed by atoms with Gasteiger partial charge in [-0.15, -0.1) is 0 Å². The van der Waals surface area contributed by atoms with E-state index in [0.717, 1.165) is 11.5 Å². The highest BCUT2D eigenvalue weighted by atomic mass is 16.7. The van der Waals surface area contributed by atoms with E-state index in [1.165, 1.54) is 42.4 Å². The third-order valence-corrected chi connectivity index (χ3v) is 6.89. The second kappa shape index (κ2) is 4.71. The predicted molar refractivity (Wildman–Crippen MR) is 98.0 cm³/mol. The van der Waals surface area contributed by atoms with E-state index in [1.54, 1.807) is 0 Å². The van der Waals surface area contributed by atoms with Crippen molar-refractivity contribution in [1.82, 2.24) is 0 Å². The summed E-state index contributed by atoms with van der Waals surface area (Å²) in [5.41, 5.74) is 4.91. The van der Waals surface area contributed by atoms with Crippen LogP contribution in [0.15, 0.2) is 6.07 Å². The van der Waals surface area contributed by atoms with Crippen molar-refractivity contribution in [2.24, 2.45) is 11.3 Å². The molecule has 0 unspecified atom stereocenters. The van der Waals surface area contributed by atoms with Crippen molar-refractivity contribution < 1.29 is 9.47 Å². The molecule has 24 heavy (non-hydrogen) atoms. The van der Waals surface area contributed by atoms with E-state index in [2.05, 4.69) is 40.7 Å². The molecule has 0 spiro atoms. The maximum absolute atomic E-state index is 6.39. The fourth-order valence-corrected chi connectivity index (χ4v) is 5.79. The first-order chi connectivity index (χ1) is 11.1. The molecule has 3 aliphatic rings. The van der Waals surface area contributed by atoms with Crippen LogP contribution in [0.1, 0.15) is 90.3 Å². The van der Waals surface area contributed by atoms with E-state index in [-0.39, 0.29) is 5.41 Å². The Kier molecular flexibility index (Phi) is 3.20. The molecule has 1 aromatic carbocycles. The van der Waals surface area contributed by atoms with E-state index in [0.29, 0.717) is 17.3 Å². The van der Waals surface area contributed by atoms with E-state index < -0.39 is 5.79 Å². The molecule has 2 atom stereocenters. The Morgan fingerprint density at radius 2 is 1.67 bits per heavy atom. The third-order valence-electron chi connectivity index (χ3n) is 6.89. The highest BCUT2D eigenvalue weighted by molar-refractivity contribution is 5.63. The number of fused-ring (bicyclic) bond motifs is 5. The molecular formula is C22H32O2. The first-order valence-electron chi connectivity index (χ1n) is 9.63. The van der Waals surface area contributed by atoms with Gasteiger partial charge in [0.15, 0.2) is 11.5 Å². The molecule has 1 aromatic rings. The lowest BCUT2D eigenvalue weighted by molar-refractivity contribution is -0.0447. The van der Waals surface area contributed by atoms with Crippen molar-refractivity contribution >= 4 is 0 Å². The number of ether oxygens (including phenoxy) is 2. The first kappa shape index (κ1) is 16.3. The van der Waals surface area contributed by atoms with Crippen LogP contribution in [0.25, 0.3) is 0 Å². The standard InChI is InChI=1S/C22H32O2/c1-13(2)15-11-14-12-16-20(3,4)9-8-10-22(16,7)17(14)19-18(15)23-21(5,6)24-19/h11,13,16H,8-10,12H2,1-7H3/t16-,22+/m1/s1. The lowest BCUT2D eigenvalue weighted by atomic mass is 9.57. The van der Waals surface area contributed by atoms with Crippen molar-refractivity contribution in [3.8, 4) is 11.5 Å². The summed E-state index contributed by atoms with van der Waals surface area (Å²) >= 11 is 0. The molecule has 0 saturated heterocycles. The average Bonchev–Trinajstić information content (AvgIpc) is 2.91. The van der Waals surface area contributed by atoms with E-state index in [4.69, 9.17) is 9.47 Å². The molecule has 0 N–H and O–H groups in total. The van der Waals surface area contributed by atoms with Crippen LogP contribution in [-0.4, -0.2) is 5.79 Å². The zero-order chi connectivity index (χ0) is 17.5. The Morgan fingerprint density at radius 3 is 2.33 bits per heavy atom. The molecule has 0 aromatic heterocycles. The second-order valence-corrected chi connectivity index (χ2v) is 9.93. The summed E-state index contributed by atoms with van der Waals surface area (Å²) in [4.78, 5) is 0. The van der Waals surface area contributed by atoms with Gasteiger partial charge in [-0.1, -0.05) is 47.1 Å². The summed E-state index contributed by atoms with van der Waals surface area (Å²) in [6, 6.07) is 2.43. The van der Waals surface area contributed by atoms with Crippen LogP contribution in [0.3, 0.4) is 0 Å². The maximum atomic E-state index is 6.39. The van der Waals surface area contributed by atoms with Gasteiger partial charge in [-0.2, -0.15) is 0 Å². The minimum Gasteiger partial charge on any atom is -0.449 e. The quantitative estimate of drug-likeness (QED) is 0.633. The first-order valence-corrected chi connectivity index (χ1v) is 9.63. The predicted octanol–water partition coefficient (Wildman–Crippen LogP) is 5.96. The zero-order valence-electron chi connectivity index (χ0n) is 16.4. The largest absolute Gasteiger partial charge is 0.449 e. The summed E-state index contributed by atoms with van der Waals surface area (Å²) in [6.07, 6.45) is 5.11. The normalized spacial score (nSPS) is 31.9. The lowest BCUT2D eigenvalue weighted by Crippen LogP contribution is -2.42. The topological polar surface area (TPSA) is 18.5 Å². The van der Waals surface area contributed by atoms with Crippen molar-refractivity contribution in [3.63, 3.8) is 0 Å². The molecule has 1 aliphatic heterocycles. The summed E-state index contributed by atoms with van der Waals surface area (Å²) in [5, 5.41) is 0. The van der Waals surface area contributed by atoms with Gasteiger partial charge in [0.2, 0.25) is 5.79 Å². The van der Waals surface area contributed by atoms with Gasteiger partial charge in [0, 0.05) is 30.4 Å². The van der Waals surface area contributed by atoms with Crippen LogP contribution in [0.5, 0.6) is 11.5 Å². The van der Waals surface area contributed by atoms with Crippen LogP contribution >= 0.6 is 0 Å². The van der Waals surface area contributed by atoms with Gasteiger partial charge < -0.3 is 9.47 Å². The number of hydrogen-bond donors (Lipinski definition) is 0. The minimum atomic E-state index is -0.556. The van der Waals surface area contributed by atoms with Crippen molar-refractivity contribution in [2.75, 3.05) is 0 Å². The van der Waals surface area contributed by atoms with Gasteiger partial charge in [-0.05, 0) is 42.1 Å². The second-order valence-electron chi connectivity index (χ2n) is 9.93. The summed E-state index contributed by atoms with van der Waals surface area (Å²) in [5.74, 6) is 2.67. The van der Waals surface area contributed by atoms with Gasteiger partial charge in [0.1, 0.15) is 0 Å². The summed E-state index contributed by atoms with van der Waals surface area (Å²) in [7, 11) is 0.